The highest BCUT2D eigenvalue weighted by atomic mass is 16.5. The van der Waals surface area contributed by atoms with Gasteiger partial charge in [0.25, 0.3) is 0 Å². The van der Waals surface area contributed by atoms with Crippen molar-refractivity contribution in [3.63, 3.8) is 0 Å². The zero-order valence-corrected chi connectivity index (χ0v) is 11.6. The zero-order chi connectivity index (χ0) is 12.4. The molecule has 100 valence electrons. The van der Waals surface area contributed by atoms with E-state index in [-0.39, 0.29) is 11.1 Å². The zero-order valence-electron chi connectivity index (χ0n) is 11.6. The predicted octanol–water partition coefficient (Wildman–Crippen LogP) is 2.49. The molecule has 0 aromatic heterocycles. The van der Waals surface area contributed by atoms with E-state index in [1.54, 1.807) is 7.11 Å². The van der Waals surface area contributed by atoms with Crippen molar-refractivity contribution in [3.05, 3.63) is 0 Å². The molecule has 3 nitrogen and oxygen atoms in total. The lowest BCUT2D eigenvalue weighted by Gasteiger charge is -2.28. The van der Waals surface area contributed by atoms with Gasteiger partial charge in [0, 0.05) is 19.2 Å². The molecule has 0 amide bonds. The average molecular weight is 241 g/mol. The summed E-state index contributed by atoms with van der Waals surface area (Å²) in [4.78, 5) is 0. The van der Waals surface area contributed by atoms with Crippen LogP contribution in [0.2, 0.25) is 0 Å². The number of methoxy groups -OCH3 is 1. The third kappa shape index (κ3) is 3.43. The molecule has 1 saturated carbocycles. The third-order valence-corrected chi connectivity index (χ3v) is 4.17. The molecule has 1 atom stereocenters. The molecule has 1 aliphatic carbocycles. The molecular formula is C14H27NO2. The molecule has 1 saturated heterocycles. The van der Waals surface area contributed by atoms with E-state index in [2.05, 4.69) is 19.2 Å². The fraction of sp³-hybridized carbons (Fsp3) is 1.00. The largest absolute Gasteiger partial charge is 0.383 e. The van der Waals surface area contributed by atoms with E-state index in [0.717, 1.165) is 13.2 Å². The van der Waals surface area contributed by atoms with E-state index < -0.39 is 0 Å². The molecule has 0 radical (unpaired) electrons. The monoisotopic (exact) mass is 241 g/mol. The highest BCUT2D eigenvalue weighted by Crippen LogP contribution is 2.43. The van der Waals surface area contributed by atoms with Gasteiger partial charge in [-0.25, -0.2) is 0 Å². The summed E-state index contributed by atoms with van der Waals surface area (Å²) in [6.07, 6.45) is 8.17. The van der Waals surface area contributed by atoms with Gasteiger partial charge in [0.2, 0.25) is 0 Å². The van der Waals surface area contributed by atoms with Crippen molar-refractivity contribution < 1.29 is 9.47 Å². The Morgan fingerprint density at radius 1 is 1.29 bits per heavy atom. The molecule has 0 aromatic rings. The van der Waals surface area contributed by atoms with Gasteiger partial charge >= 0.3 is 0 Å². The Labute approximate surface area is 105 Å². The number of ether oxygens (including phenoxy) is 2. The Balaban J connectivity index is 1.74. The van der Waals surface area contributed by atoms with Crippen LogP contribution in [0.5, 0.6) is 0 Å². The molecule has 1 heterocycles. The summed E-state index contributed by atoms with van der Waals surface area (Å²) < 4.78 is 11.5. The fourth-order valence-corrected chi connectivity index (χ4v) is 3.23. The molecule has 0 aromatic carbocycles. The minimum Gasteiger partial charge on any atom is -0.383 e. The van der Waals surface area contributed by atoms with Gasteiger partial charge in [-0.15, -0.1) is 0 Å². The van der Waals surface area contributed by atoms with Crippen molar-refractivity contribution in [2.45, 2.75) is 69.6 Å². The van der Waals surface area contributed by atoms with E-state index in [1.165, 1.54) is 38.5 Å². The van der Waals surface area contributed by atoms with Crippen molar-refractivity contribution in [3.8, 4) is 0 Å². The molecule has 17 heavy (non-hydrogen) atoms. The van der Waals surface area contributed by atoms with Crippen LogP contribution >= 0.6 is 0 Å². The van der Waals surface area contributed by atoms with Crippen LogP contribution in [0.15, 0.2) is 0 Å². The van der Waals surface area contributed by atoms with Crippen molar-refractivity contribution in [1.82, 2.24) is 5.32 Å². The summed E-state index contributed by atoms with van der Waals surface area (Å²) >= 11 is 0. The van der Waals surface area contributed by atoms with Crippen molar-refractivity contribution in [2.75, 3.05) is 20.3 Å². The summed E-state index contributed by atoms with van der Waals surface area (Å²) in [6, 6.07) is 0. The van der Waals surface area contributed by atoms with Crippen molar-refractivity contribution in [1.29, 1.82) is 0 Å². The van der Waals surface area contributed by atoms with Gasteiger partial charge in [0.15, 0.2) is 0 Å². The van der Waals surface area contributed by atoms with Gasteiger partial charge in [-0.2, -0.15) is 0 Å². The molecule has 1 N–H and O–H groups in total. The number of hydrogen-bond donors (Lipinski definition) is 1. The van der Waals surface area contributed by atoms with Gasteiger partial charge in [-0.1, -0.05) is 12.8 Å². The Hall–Kier alpha value is -0.120. The standard InChI is InChI=1S/C14H27NO2/c1-13(2,11-16-3)15-10-12-6-9-14(17-12)7-4-5-8-14/h12,15H,4-11H2,1-3H3. The Bertz CT molecular complexity index is 247. The maximum atomic E-state index is 6.28. The normalized spacial score (nSPS) is 28.1. The lowest BCUT2D eigenvalue weighted by molar-refractivity contribution is -0.0382. The second-order valence-corrected chi connectivity index (χ2v) is 6.37. The first-order valence-corrected chi connectivity index (χ1v) is 6.97. The average Bonchev–Trinajstić information content (AvgIpc) is 2.87. The number of hydrogen-bond acceptors (Lipinski definition) is 3. The van der Waals surface area contributed by atoms with Crippen LogP contribution in [0.25, 0.3) is 0 Å². The first-order chi connectivity index (χ1) is 8.05. The highest BCUT2D eigenvalue weighted by molar-refractivity contribution is 4.94. The summed E-state index contributed by atoms with van der Waals surface area (Å²) in [5, 5.41) is 3.56. The maximum absolute atomic E-state index is 6.28. The van der Waals surface area contributed by atoms with Crippen LogP contribution in [-0.2, 0) is 9.47 Å². The maximum Gasteiger partial charge on any atom is 0.0708 e. The Kier molecular flexibility index (Phi) is 4.11. The molecule has 2 rings (SSSR count). The van der Waals surface area contributed by atoms with Crippen LogP contribution < -0.4 is 5.32 Å². The van der Waals surface area contributed by atoms with Gasteiger partial charge in [-0.05, 0) is 39.5 Å². The Morgan fingerprint density at radius 3 is 2.65 bits per heavy atom. The summed E-state index contributed by atoms with van der Waals surface area (Å²) in [5.41, 5.74) is 0.307. The van der Waals surface area contributed by atoms with E-state index in [1.807, 2.05) is 0 Å². The minimum atomic E-state index is 0.0452. The van der Waals surface area contributed by atoms with E-state index >= 15 is 0 Å². The summed E-state index contributed by atoms with van der Waals surface area (Å²) in [5.74, 6) is 0. The van der Waals surface area contributed by atoms with E-state index in [0.29, 0.717) is 6.10 Å². The first-order valence-electron chi connectivity index (χ1n) is 6.97. The predicted molar refractivity (Wildman–Crippen MR) is 69.3 cm³/mol. The molecule has 1 aliphatic heterocycles. The van der Waals surface area contributed by atoms with Crippen LogP contribution in [0, 0.1) is 0 Å². The van der Waals surface area contributed by atoms with Crippen molar-refractivity contribution in [2.24, 2.45) is 0 Å². The SMILES string of the molecule is COCC(C)(C)NCC1CCC2(CCCC2)O1. The number of rotatable bonds is 5. The fourth-order valence-electron chi connectivity index (χ4n) is 3.23. The quantitative estimate of drug-likeness (QED) is 0.802. The van der Waals surface area contributed by atoms with Gasteiger partial charge in [0.05, 0.1) is 18.3 Å². The Morgan fingerprint density at radius 2 is 2.00 bits per heavy atom. The van der Waals surface area contributed by atoms with Gasteiger partial charge in [0.1, 0.15) is 0 Å². The third-order valence-electron chi connectivity index (χ3n) is 4.17. The molecule has 3 heteroatoms. The molecular weight excluding hydrogens is 214 g/mol. The topological polar surface area (TPSA) is 30.5 Å². The lowest BCUT2D eigenvalue weighted by Crippen LogP contribution is -2.46. The van der Waals surface area contributed by atoms with Gasteiger partial charge < -0.3 is 14.8 Å². The van der Waals surface area contributed by atoms with E-state index in [9.17, 15) is 0 Å². The molecule has 2 aliphatic rings. The van der Waals surface area contributed by atoms with Crippen molar-refractivity contribution >= 4 is 0 Å². The molecule has 1 unspecified atom stereocenters. The second kappa shape index (κ2) is 5.25. The smallest absolute Gasteiger partial charge is 0.0708 e. The highest BCUT2D eigenvalue weighted by Gasteiger charge is 2.42. The van der Waals surface area contributed by atoms with E-state index in [4.69, 9.17) is 9.47 Å². The lowest BCUT2D eigenvalue weighted by atomic mass is 9.98. The second-order valence-electron chi connectivity index (χ2n) is 6.37. The summed E-state index contributed by atoms with van der Waals surface area (Å²) in [7, 11) is 1.75. The minimum absolute atomic E-state index is 0.0452. The molecule has 0 bridgehead atoms. The van der Waals surface area contributed by atoms with Crippen LogP contribution in [0.4, 0.5) is 0 Å². The number of nitrogens with one attached hydrogen (secondary N) is 1. The van der Waals surface area contributed by atoms with Crippen LogP contribution in [0.3, 0.4) is 0 Å². The molecule has 2 fully saturated rings. The molecule has 1 spiro atoms. The van der Waals surface area contributed by atoms with Crippen LogP contribution in [-0.4, -0.2) is 37.5 Å². The summed E-state index contributed by atoms with van der Waals surface area (Å²) in [6.45, 7) is 6.05. The van der Waals surface area contributed by atoms with Gasteiger partial charge in [-0.3, -0.25) is 0 Å². The van der Waals surface area contributed by atoms with Crippen LogP contribution in [0.1, 0.15) is 52.4 Å². The first kappa shape index (κ1) is 13.3.